The van der Waals surface area contributed by atoms with Crippen molar-refractivity contribution in [2.45, 2.75) is 106 Å². The van der Waals surface area contributed by atoms with Gasteiger partial charge in [0.25, 0.3) is 0 Å². The lowest BCUT2D eigenvalue weighted by Crippen LogP contribution is -2.16. The lowest BCUT2D eigenvalue weighted by atomic mass is 9.91. The van der Waals surface area contributed by atoms with E-state index in [2.05, 4.69) is 40.7 Å². The number of carbonyl (C=O) groups excluding carboxylic acids is 2. The van der Waals surface area contributed by atoms with Crippen LogP contribution in [0.1, 0.15) is 106 Å². The summed E-state index contributed by atoms with van der Waals surface area (Å²) in [5.41, 5.74) is 2.89. The maximum atomic E-state index is 11.6. The summed E-state index contributed by atoms with van der Waals surface area (Å²) in [6, 6.07) is 0. The molecule has 1 aliphatic carbocycles. The van der Waals surface area contributed by atoms with Crippen molar-refractivity contribution >= 4 is 11.6 Å². The lowest BCUT2D eigenvalue weighted by molar-refractivity contribution is -0.131. The van der Waals surface area contributed by atoms with E-state index in [0.29, 0.717) is 5.57 Å². The van der Waals surface area contributed by atoms with Crippen molar-refractivity contribution in [1.29, 1.82) is 0 Å². The number of Topliss-reactive ketones (excluding diaryl/α,β-unsaturated/α-hetero) is 1. The first kappa shape index (κ1) is 25.6. The fourth-order valence-corrected chi connectivity index (χ4v) is 4.03. The van der Waals surface area contributed by atoms with Gasteiger partial charge in [0.15, 0.2) is 0 Å². The van der Waals surface area contributed by atoms with E-state index in [1.54, 1.807) is 6.92 Å². The van der Waals surface area contributed by atoms with Crippen LogP contribution < -0.4 is 0 Å². The number of rotatable bonds is 14. The van der Waals surface area contributed by atoms with E-state index < -0.39 is 0 Å². The van der Waals surface area contributed by atoms with E-state index >= 15 is 0 Å². The number of hydrogen-bond donors (Lipinski definition) is 0. The van der Waals surface area contributed by atoms with Gasteiger partial charge in [-0.2, -0.15) is 0 Å². The molecule has 0 saturated heterocycles. The number of carbonyl (C=O) groups is 2. The first-order valence-electron chi connectivity index (χ1n) is 11.8. The summed E-state index contributed by atoms with van der Waals surface area (Å²) in [6.45, 7) is 13.3. The van der Waals surface area contributed by atoms with E-state index in [1.165, 1.54) is 63.0 Å². The quantitative estimate of drug-likeness (QED) is 0.169. The monoisotopic (exact) mass is 400 g/mol. The Bertz CT molecular complexity index is 618. The zero-order chi connectivity index (χ0) is 21.8. The van der Waals surface area contributed by atoms with Gasteiger partial charge in [0, 0.05) is 5.57 Å². The first-order valence-corrected chi connectivity index (χ1v) is 11.8. The second kappa shape index (κ2) is 13.7. The van der Waals surface area contributed by atoms with Crippen LogP contribution in [0.5, 0.6) is 0 Å². The van der Waals surface area contributed by atoms with Gasteiger partial charge in [0.05, 0.1) is 0 Å². The maximum absolute atomic E-state index is 11.6. The van der Waals surface area contributed by atoms with Crippen molar-refractivity contribution in [3.8, 4) is 0 Å². The molecule has 0 bridgehead atoms. The fraction of sp³-hybridized carbons (Fsp3) is 0.704. The van der Waals surface area contributed by atoms with Crippen molar-refractivity contribution in [1.82, 2.24) is 0 Å². The van der Waals surface area contributed by atoms with Gasteiger partial charge in [-0.25, -0.2) is 0 Å². The lowest BCUT2D eigenvalue weighted by Gasteiger charge is -2.15. The van der Waals surface area contributed by atoms with Crippen molar-refractivity contribution in [3.05, 3.63) is 34.9 Å². The minimum absolute atomic E-state index is 0.367. The van der Waals surface area contributed by atoms with Gasteiger partial charge >= 0.3 is 0 Å². The molecular formula is C27H44O2. The van der Waals surface area contributed by atoms with E-state index in [1.807, 2.05) is 6.08 Å². The highest BCUT2D eigenvalue weighted by atomic mass is 16.2. The van der Waals surface area contributed by atoms with Crippen LogP contribution >= 0.6 is 0 Å². The highest BCUT2D eigenvalue weighted by Crippen LogP contribution is 2.22. The Morgan fingerprint density at radius 2 is 1.41 bits per heavy atom. The highest BCUT2D eigenvalue weighted by Gasteiger charge is 2.18. The van der Waals surface area contributed by atoms with Crippen LogP contribution in [0.2, 0.25) is 0 Å². The van der Waals surface area contributed by atoms with E-state index in [0.717, 1.165) is 36.2 Å². The summed E-state index contributed by atoms with van der Waals surface area (Å²) in [5, 5.41) is 0. The van der Waals surface area contributed by atoms with Crippen LogP contribution in [0.4, 0.5) is 0 Å². The Morgan fingerprint density at radius 3 is 1.97 bits per heavy atom. The molecule has 2 nitrogen and oxygen atoms in total. The molecule has 0 N–H and O–H groups in total. The molecule has 0 aliphatic heterocycles. The second-order valence-electron chi connectivity index (χ2n) is 9.85. The second-order valence-corrected chi connectivity index (χ2v) is 9.85. The summed E-state index contributed by atoms with van der Waals surface area (Å²) in [6.07, 6.45) is 18.2. The Hall–Kier alpha value is -1.44. The molecule has 0 unspecified atom stereocenters. The molecule has 0 aromatic rings. The zero-order valence-corrected chi connectivity index (χ0v) is 19.9. The standard InChI is InChI=1S/C27H44O2/c1-20(2)10-7-11-21(3)12-8-13-22(4)14-9-15-23(5)16-17-25-18-24(6)27(29)26(28)19-25/h16,18-22H,7-15,17H2,1-6H3/b23-16+/t21-,22-/m1/s1. The molecule has 2 heteroatoms. The molecule has 0 saturated carbocycles. The largest absolute Gasteiger partial charge is 0.286 e. The number of allylic oxidation sites excluding steroid dienone is 6. The average Bonchev–Trinajstić information content (AvgIpc) is 2.64. The fourth-order valence-electron chi connectivity index (χ4n) is 4.03. The highest BCUT2D eigenvalue weighted by molar-refractivity contribution is 6.48. The van der Waals surface area contributed by atoms with Crippen LogP contribution in [0.15, 0.2) is 34.9 Å². The minimum Gasteiger partial charge on any atom is -0.286 e. The SMILES string of the molecule is CC1=CC(C/C=C(\C)CCC[C@H](C)CCC[C@H](C)CCCC(C)C)=CC(=O)C1=O. The molecule has 2 atom stereocenters. The number of ketones is 2. The van der Waals surface area contributed by atoms with Gasteiger partial charge in [-0.1, -0.05) is 90.4 Å². The smallest absolute Gasteiger partial charge is 0.228 e. The summed E-state index contributed by atoms with van der Waals surface area (Å²) < 4.78 is 0. The predicted octanol–water partition coefficient (Wildman–Crippen LogP) is 7.79. The van der Waals surface area contributed by atoms with Gasteiger partial charge in [-0.15, -0.1) is 0 Å². The molecule has 29 heavy (non-hydrogen) atoms. The van der Waals surface area contributed by atoms with Gasteiger partial charge in [-0.3, -0.25) is 9.59 Å². The van der Waals surface area contributed by atoms with Crippen molar-refractivity contribution in [2.24, 2.45) is 17.8 Å². The van der Waals surface area contributed by atoms with Gasteiger partial charge in [0.1, 0.15) is 0 Å². The Kier molecular flexibility index (Phi) is 12.1. The van der Waals surface area contributed by atoms with Crippen LogP contribution in [-0.2, 0) is 9.59 Å². The van der Waals surface area contributed by atoms with E-state index in [9.17, 15) is 9.59 Å². The first-order chi connectivity index (χ1) is 13.7. The van der Waals surface area contributed by atoms with Crippen LogP contribution in [-0.4, -0.2) is 11.6 Å². The van der Waals surface area contributed by atoms with Crippen molar-refractivity contribution < 1.29 is 9.59 Å². The Labute approximate surface area is 179 Å². The molecule has 0 radical (unpaired) electrons. The molecule has 0 aromatic carbocycles. The maximum Gasteiger partial charge on any atom is 0.228 e. The molecule has 164 valence electrons. The van der Waals surface area contributed by atoms with Gasteiger partial charge < -0.3 is 0 Å². The molecule has 1 rings (SSSR count). The summed E-state index contributed by atoms with van der Waals surface area (Å²) >= 11 is 0. The summed E-state index contributed by atoms with van der Waals surface area (Å²) in [7, 11) is 0. The van der Waals surface area contributed by atoms with Crippen molar-refractivity contribution in [2.75, 3.05) is 0 Å². The summed E-state index contributed by atoms with van der Waals surface area (Å²) in [4.78, 5) is 23.1. The topological polar surface area (TPSA) is 34.1 Å². The van der Waals surface area contributed by atoms with Crippen molar-refractivity contribution in [3.63, 3.8) is 0 Å². The summed E-state index contributed by atoms with van der Waals surface area (Å²) in [5.74, 6) is 1.77. The van der Waals surface area contributed by atoms with E-state index in [4.69, 9.17) is 0 Å². The predicted molar refractivity (Wildman–Crippen MR) is 125 cm³/mol. The Morgan fingerprint density at radius 1 is 0.862 bits per heavy atom. The molecular weight excluding hydrogens is 356 g/mol. The Balaban J connectivity index is 2.18. The third-order valence-electron chi connectivity index (χ3n) is 6.13. The molecule has 0 amide bonds. The van der Waals surface area contributed by atoms with Crippen LogP contribution in [0.3, 0.4) is 0 Å². The molecule has 0 aromatic heterocycles. The molecule has 0 fully saturated rings. The number of hydrogen-bond acceptors (Lipinski definition) is 2. The molecule has 0 spiro atoms. The average molecular weight is 401 g/mol. The van der Waals surface area contributed by atoms with Gasteiger partial charge in [-0.05, 0) is 62.5 Å². The van der Waals surface area contributed by atoms with Crippen LogP contribution in [0.25, 0.3) is 0 Å². The van der Waals surface area contributed by atoms with Crippen LogP contribution in [0, 0.1) is 17.8 Å². The van der Waals surface area contributed by atoms with Gasteiger partial charge in [0.2, 0.25) is 11.6 Å². The van der Waals surface area contributed by atoms with E-state index in [-0.39, 0.29) is 11.6 Å². The molecule has 0 heterocycles. The normalized spacial score (nSPS) is 17.4. The molecule has 1 aliphatic rings. The third-order valence-corrected chi connectivity index (χ3v) is 6.13. The minimum atomic E-state index is -0.380. The third kappa shape index (κ3) is 11.4. The zero-order valence-electron chi connectivity index (χ0n) is 19.9.